The minimum atomic E-state index is -4.62. The maximum atomic E-state index is 12.9. The van der Waals surface area contributed by atoms with Gasteiger partial charge < -0.3 is 20.5 Å². The molecule has 3 rings (SSSR count). The monoisotopic (exact) mass is 460 g/mol. The number of nitrogens with one attached hydrogen (secondary N) is 2. The topological polar surface area (TPSA) is 96.4 Å². The van der Waals surface area contributed by atoms with Crippen molar-refractivity contribution in [2.24, 2.45) is 0 Å². The van der Waals surface area contributed by atoms with Crippen LogP contribution in [0.5, 0.6) is 5.75 Å². The maximum absolute atomic E-state index is 12.9. The Morgan fingerprint density at radius 1 is 1.03 bits per heavy atom. The number of anilines is 2. The minimum absolute atomic E-state index is 0.000164. The SMILES string of the molecule is COc1ccc(-c2cnc(Nc3ccc(CCNC(CC(=O)O)C(F)(F)F)cc3)nc2)cc1. The average molecular weight is 460 g/mol. The van der Waals surface area contributed by atoms with Crippen LogP contribution in [-0.2, 0) is 11.2 Å². The van der Waals surface area contributed by atoms with E-state index in [9.17, 15) is 18.0 Å². The van der Waals surface area contributed by atoms with Gasteiger partial charge in [-0.2, -0.15) is 13.2 Å². The molecule has 0 aliphatic carbocycles. The normalized spacial score (nSPS) is 12.2. The van der Waals surface area contributed by atoms with Crippen LogP contribution in [0.2, 0.25) is 0 Å². The molecule has 0 aliphatic heterocycles. The molecule has 0 fully saturated rings. The summed E-state index contributed by atoms with van der Waals surface area (Å²) >= 11 is 0. The lowest BCUT2D eigenvalue weighted by Gasteiger charge is -2.20. The summed E-state index contributed by atoms with van der Waals surface area (Å²) < 4.78 is 43.7. The van der Waals surface area contributed by atoms with Crippen molar-refractivity contribution in [2.45, 2.75) is 25.1 Å². The highest BCUT2D eigenvalue weighted by Gasteiger charge is 2.40. The van der Waals surface area contributed by atoms with Gasteiger partial charge in [-0.3, -0.25) is 4.79 Å². The van der Waals surface area contributed by atoms with Gasteiger partial charge in [0.05, 0.1) is 13.5 Å². The van der Waals surface area contributed by atoms with Crippen LogP contribution in [0.4, 0.5) is 24.8 Å². The lowest BCUT2D eigenvalue weighted by atomic mass is 10.1. The van der Waals surface area contributed by atoms with Crippen LogP contribution in [-0.4, -0.2) is 46.9 Å². The molecule has 1 unspecified atom stereocenters. The lowest BCUT2D eigenvalue weighted by molar-refractivity contribution is -0.167. The number of carbonyl (C=O) groups is 1. The van der Waals surface area contributed by atoms with Crippen molar-refractivity contribution >= 4 is 17.6 Å². The van der Waals surface area contributed by atoms with Gasteiger partial charge in [-0.25, -0.2) is 9.97 Å². The second-order valence-corrected chi connectivity index (χ2v) is 7.24. The number of rotatable bonds is 10. The quantitative estimate of drug-likeness (QED) is 0.412. The second kappa shape index (κ2) is 10.8. The Balaban J connectivity index is 1.53. The largest absolute Gasteiger partial charge is 0.497 e. The summed E-state index contributed by atoms with van der Waals surface area (Å²) in [5.74, 6) is -0.333. The summed E-state index contributed by atoms with van der Waals surface area (Å²) in [4.78, 5) is 19.3. The minimum Gasteiger partial charge on any atom is -0.497 e. The number of hydrogen-bond acceptors (Lipinski definition) is 6. The summed E-state index contributed by atoms with van der Waals surface area (Å²) in [6.45, 7) is 0.000164. The van der Waals surface area contributed by atoms with Gasteiger partial charge in [0.2, 0.25) is 5.95 Å². The summed E-state index contributed by atoms with van der Waals surface area (Å²) in [6.07, 6.45) is -1.91. The zero-order valence-electron chi connectivity index (χ0n) is 17.8. The fourth-order valence-electron chi connectivity index (χ4n) is 3.08. The Morgan fingerprint density at radius 2 is 1.67 bits per heavy atom. The number of methoxy groups -OCH3 is 1. The number of halogens is 3. The van der Waals surface area contributed by atoms with Crippen molar-refractivity contribution in [1.82, 2.24) is 15.3 Å². The van der Waals surface area contributed by atoms with Crippen molar-refractivity contribution in [3.8, 4) is 16.9 Å². The zero-order valence-corrected chi connectivity index (χ0v) is 17.8. The number of nitrogens with zero attached hydrogens (tertiary/aromatic N) is 2. The van der Waals surface area contributed by atoms with E-state index in [1.165, 1.54) is 0 Å². The molecule has 3 aromatic rings. The molecule has 0 saturated carbocycles. The van der Waals surface area contributed by atoms with Crippen LogP contribution >= 0.6 is 0 Å². The van der Waals surface area contributed by atoms with Crippen LogP contribution in [0.3, 0.4) is 0 Å². The van der Waals surface area contributed by atoms with Gasteiger partial charge in [0.15, 0.2) is 0 Å². The van der Waals surface area contributed by atoms with E-state index in [0.717, 1.165) is 28.1 Å². The molecule has 0 radical (unpaired) electrons. The van der Waals surface area contributed by atoms with Gasteiger partial charge in [0, 0.05) is 23.6 Å². The number of alkyl halides is 3. The van der Waals surface area contributed by atoms with E-state index in [0.29, 0.717) is 12.4 Å². The van der Waals surface area contributed by atoms with E-state index in [4.69, 9.17) is 9.84 Å². The van der Waals surface area contributed by atoms with E-state index in [-0.39, 0.29) is 6.54 Å². The van der Waals surface area contributed by atoms with E-state index >= 15 is 0 Å². The first-order valence-corrected chi connectivity index (χ1v) is 10.1. The van der Waals surface area contributed by atoms with Gasteiger partial charge >= 0.3 is 12.1 Å². The van der Waals surface area contributed by atoms with Gasteiger partial charge in [0.25, 0.3) is 0 Å². The molecular formula is C23H23F3N4O3. The van der Waals surface area contributed by atoms with Gasteiger partial charge in [-0.15, -0.1) is 0 Å². The molecular weight excluding hydrogens is 437 g/mol. The highest BCUT2D eigenvalue weighted by molar-refractivity contribution is 5.67. The number of benzene rings is 2. The Labute approximate surface area is 188 Å². The molecule has 0 saturated heterocycles. The van der Waals surface area contributed by atoms with Crippen LogP contribution in [0.15, 0.2) is 60.9 Å². The second-order valence-electron chi connectivity index (χ2n) is 7.24. The third-order valence-corrected chi connectivity index (χ3v) is 4.86. The fraction of sp³-hybridized carbons (Fsp3) is 0.261. The fourth-order valence-corrected chi connectivity index (χ4v) is 3.08. The standard InChI is InChI=1S/C23H23F3N4O3/c1-33-19-8-4-16(5-9-19)17-13-28-22(29-14-17)30-18-6-2-15(3-7-18)10-11-27-20(12-21(31)32)23(24,25)26/h2-9,13-14,20,27H,10-12H2,1H3,(H,31,32)(H,28,29,30). The Morgan fingerprint density at radius 3 is 2.21 bits per heavy atom. The van der Waals surface area contributed by atoms with Gasteiger partial charge in [-0.1, -0.05) is 24.3 Å². The Kier molecular flexibility index (Phi) is 7.83. The molecule has 2 aromatic carbocycles. The molecule has 1 atom stereocenters. The first-order chi connectivity index (χ1) is 15.7. The molecule has 7 nitrogen and oxygen atoms in total. The van der Waals surface area contributed by atoms with Crippen molar-refractivity contribution < 1.29 is 27.8 Å². The van der Waals surface area contributed by atoms with Crippen molar-refractivity contribution in [3.63, 3.8) is 0 Å². The predicted molar refractivity (Wildman–Crippen MR) is 118 cm³/mol. The molecule has 1 aromatic heterocycles. The Hall–Kier alpha value is -3.66. The van der Waals surface area contributed by atoms with Crippen LogP contribution < -0.4 is 15.4 Å². The van der Waals surface area contributed by atoms with Crippen molar-refractivity contribution in [2.75, 3.05) is 19.0 Å². The van der Waals surface area contributed by atoms with Crippen molar-refractivity contribution in [1.29, 1.82) is 0 Å². The van der Waals surface area contributed by atoms with E-state index < -0.39 is 24.6 Å². The van der Waals surface area contributed by atoms with Crippen LogP contribution in [0.25, 0.3) is 11.1 Å². The van der Waals surface area contributed by atoms with Gasteiger partial charge in [-0.05, 0) is 48.4 Å². The number of ether oxygens (including phenoxy) is 1. The number of carboxylic acid groups (broad SMARTS) is 1. The molecule has 0 amide bonds. The molecule has 33 heavy (non-hydrogen) atoms. The third kappa shape index (κ3) is 7.18. The molecule has 174 valence electrons. The highest BCUT2D eigenvalue weighted by atomic mass is 19.4. The van der Waals surface area contributed by atoms with E-state index in [1.54, 1.807) is 43.8 Å². The smallest absolute Gasteiger partial charge is 0.404 e. The average Bonchev–Trinajstić information content (AvgIpc) is 2.79. The third-order valence-electron chi connectivity index (χ3n) is 4.86. The molecule has 3 N–H and O–H groups in total. The van der Waals surface area contributed by atoms with Crippen LogP contribution in [0.1, 0.15) is 12.0 Å². The number of aliphatic carboxylic acids is 1. The highest BCUT2D eigenvalue weighted by Crippen LogP contribution is 2.23. The lowest BCUT2D eigenvalue weighted by Crippen LogP contribution is -2.44. The van der Waals surface area contributed by atoms with Crippen LogP contribution in [0, 0.1) is 0 Å². The Bertz CT molecular complexity index is 1040. The first kappa shape index (κ1) is 24.0. The summed E-state index contributed by atoms with van der Waals surface area (Å²) in [7, 11) is 1.60. The molecule has 0 bridgehead atoms. The van der Waals surface area contributed by atoms with E-state index in [2.05, 4.69) is 20.6 Å². The van der Waals surface area contributed by atoms with Crippen molar-refractivity contribution in [3.05, 3.63) is 66.5 Å². The molecule has 1 heterocycles. The first-order valence-electron chi connectivity index (χ1n) is 10.1. The number of hydrogen-bond donors (Lipinski definition) is 3. The summed E-state index contributed by atoms with van der Waals surface area (Å²) in [5, 5.41) is 14.0. The maximum Gasteiger partial charge on any atom is 0.404 e. The predicted octanol–water partition coefficient (Wildman–Crippen LogP) is 4.43. The molecule has 0 aliphatic rings. The van der Waals surface area contributed by atoms with Gasteiger partial charge in [0.1, 0.15) is 11.8 Å². The zero-order chi connectivity index (χ0) is 23.8. The van der Waals surface area contributed by atoms with E-state index in [1.807, 2.05) is 24.3 Å². The molecule has 0 spiro atoms. The number of aromatic nitrogens is 2. The summed E-state index contributed by atoms with van der Waals surface area (Å²) in [6, 6.07) is 12.6. The summed E-state index contributed by atoms with van der Waals surface area (Å²) in [5.41, 5.74) is 3.34. The molecule has 10 heteroatoms. The number of carboxylic acids is 1.